The quantitative estimate of drug-likeness (QED) is 0.854. The van der Waals surface area contributed by atoms with E-state index in [1.54, 1.807) is 6.33 Å². The van der Waals surface area contributed by atoms with Crippen LogP contribution in [0.15, 0.2) is 24.8 Å². The fourth-order valence-corrected chi connectivity index (χ4v) is 1.66. The van der Waals surface area contributed by atoms with Crippen LogP contribution in [0.25, 0.3) is 0 Å². The van der Waals surface area contributed by atoms with Gasteiger partial charge in [0, 0.05) is 18.4 Å². The highest BCUT2D eigenvalue weighted by molar-refractivity contribution is 5.03. The van der Waals surface area contributed by atoms with Crippen molar-refractivity contribution in [2.24, 2.45) is 0 Å². The maximum atomic E-state index is 8.93. The standard InChI is InChI=1S/C12H18N4O/c1-3-10(2)16-5-4-11(14-16)6-15-7-12(8-17)13-9-15/h4-5,7,9-10,17H,3,6,8H2,1-2H3. The van der Waals surface area contributed by atoms with E-state index in [1.165, 1.54) is 0 Å². The largest absolute Gasteiger partial charge is 0.390 e. The number of aliphatic hydroxyl groups excluding tert-OH is 1. The molecule has 0 aliphatic rings. The molecule has 5 heteroatoms. The second kappa shape index (κ2) is 5.14. The third kappa shape index (κ3) is 2.74. The topological polar surface area (TPSA) is 55.9 Å². The zero-order valence-corrected chi connectivity index (χ0v) is 10.2. The molecule has 0 aliphatic carbocycles. The third-order valence-corrected chi connectivity index (χ3v) is 2.90. The fourth-order valence-electron chi connectivity index (χ4n) is 1.66. The SMILES string of the molecule is CCC(C)n1ccc(Cn2cnc(CO)c2)n1. The minimum absolute atomic E-state index is 0.0195. The van der Waals surface area contributed by atoms with Gasteiger partial charge >= 0.3 is 0 Å². The van der Waals surface area contributed by atoms with Crippen LogP contribution in [0.5, 0.6) is 0 Å². The van der Waals surface area contributed by atoms with E-state index < -0.39 is 0 Å². The number of nitrogens with zero attached hydrogens (tertiary/aromatic N) is 4. The molecule has 0 saturated carbocycles. The molecule has 5 nitrogen and oxygen atoms in total. The first-order chi connectivity index (χ1) is 8.22. The summed E-state index contributed by atoms with van der Waals surface area (Å²) in [7, 11) is 0. The van der Waals surface area contributed by atoms with Crippen molar-refractivity contribution < 1.29 is 5.11 Å². The van der Waals surface area contributed by atoms with E-state index in [4.69, 9.17) is 5.11 Å². The monoisotopic (exact) mass is 234 g/mol. The van der Waals surface area contributed by atoms with Crippen molar-refractivity contribution in [1.82, 2.24) is 19.3 Å². The van der Waals surface area contributed by atoms with Crippen LogP contribution >= 0.6 is 0 Å². The summed E-state index contributed by atoms with van der Waals surface area (Å²) in [5.41, 5.74) is 1.69. The molecule has 0 saturated heterocycles. The number of hydrogen-bond acceptors (Lipinski definition) is 3. The first-order valence-electron chi connectivity index (χ1n) is 5.88. The van der Waals surface area contributed by atoms with Crippen LogP contribution < -0.4 is 0 Å². The number of rotatable bonds is 5. The summed E-state index contributed by atoms with van der Waals surface area (Å²) in [6, 6.07) is 2.45. The molecule has 1 N–H and O–H groups in total. The lowest BCUT2D eigenvalue weighted by Crippen LogP contribution is -2.06. The van der Waals surface area contributed by atoms with Crippen molar-refractivity contribution >= 4 is 0 Å². The van der Waals surface area contributed by atoms with Crippen molar-refractivity contribution in [3.63, 3.8) is 0 Å². The predicted octanol–water partition coefficient (Wildman–Crippen LogP) is 1.59. The van der Waals surface area contributed by atoms with Crippen LogP contribution in [0, 0.1) is 0 Å². The summed E-state index contributed by atoms with van der Waals surface area (Å²) in [6.45, 7) is 4.97. The Morgan fingerprint density at radius 3 is 2.88 bits per heavy atom. The van der Waals surface area contributed by atoms with E-state index in [-0.39, 0.29) is 6.61 Å². The van der Waals surface area contributed by atoms with Crippen molar-refractivity contribution in [1.29, 1.82) is 0 Å². The van der Waals surface area contributed by atoms with E-state index in [9.17, 15) is 0 Å². The van der Waals surface area contributed by atoms with Gasteiger partial charge in [-0.15, -0.1) is 0 Å². The molecule has 0 aromatic carbocycles. The average Bonchev–Trinajstić information content (AvgIpc) is 2.97. The summed E-state index contributed by atoms with van der Waals surface area (Å²) in [5, 5.41) is 13.4. The van der Waals surface area contributed by atoms with Gasteiger partial charge in [0.15, 0.2) is 0 Å². The Bertz CT molecular complexity index is 474. The summed E-state index contributed by atoms with van der Waals surface area (Å²) < 4.78 is 3.91. The lowest BCUT2D eigenvalue weighted by atomic mass is 10.3. The van der Waals surface area contributed by atoms with Crippen LogP contribution in [0.1, 0.15) is 37.7 Å². The Morgan fingerprint density at radius 2 is 2.24 bits per heavy atom. The van der Waals surface area contributed by atoms with Gasteiger partial charge in [0.2, 0.25) is 0 Å². The molecule has 2 aromatic rings. The molecule has 0 spiro atoms. The second-order valence-corrected chi connectivity index (χ2v) is 4.24. The van der Waals surface area contributed by atoms with Crippen LogP contribution in [0.2, 0.25) is 0 Å². The van der Waals surface area contributed by atoms with Gasteiger partial charge < -0.3 is 9.67 Å². The van der Waals surface area contributed by atoms with E-state index in [0.29, 0.717) is 18.3 Å². The fraction of sp³-hybridized carbons (Fsp3) is 0.500. The Balaban J connectivity index is 2.06. The molecule has 0 amide bonds. The number of hydrogen-bond donors (Lipinski definition) is 1. The van der Waals surface area contributed by atoms with Gasteiger partial charge in [-0.1, -0.05) is 6.92 Å². The van der Waals surface area contributed by atoms with Gasteiger partial charge in [-0.2, -0.15) is 5.10 Å². The Hall–Kier alpha value is -1.62. The molecule has 2 heterocycles. The number of aliphatic hydroxyl groups is 1. The van der Waals surface area contributed by atoms with Gasteiger partial charge in [-0.05, 0) is 19.4 Å². The van der Waals surface area contributed by atoms with Gasteiger partial charge in [0.25, 0.3) is 0 Å². The molecule has 2 rings (SSSR count). The zero-order valence-electron chi connectivity index (χ0n) is 10.2. The van der Waals surface area contributed by atoms with Gasteiger partial charge in [-0.25, -0.2) is 4.98 Å². The van der Waals surface area contributed by atoms with Gasteiger partial charge in [0.05, 0.1) is 30.9 Å². The van der Waals surface area contributed by atoms with E-state index >= 15 is 0 Å². The number of aromatic nitrogens is 4. The first-order valence-corrected chi connectivity index (χ1v) is 5.88. The molecule has 0 fully saturated rings. The maximum absolute atomic E-state index is 8.93. The molecule has 1 unspecified atom stereocenters. The van der Waals surface area contributed by atoms with Crippen molar-refractivity contribution in [3.8, 4) is 0 Å². The molecule has 92 valence electrons. The summed E-state index contributed by atoms with van der Waals surface area (Å²) >= 11 is 0. The lowest BCUT2D eigenvalue weighted by molar-refractivity contribution is 0.277. The van der Waals surface area contributed by atoms with E-state index in [2.05, 4.69) is 23.9 Å². The lowest BCUT2D eigenvalue weighted by Gasteiger charge is -2.08. The third-order valence-electron chi connectivity index (χ3n) is 2.90. The van der Waals surface area contributed by atoms with Crippen LogP contribution in [-0.2, 0) is 13.2 Å². The molecular formula is C12H18N4O. The minimum Gasteiger partial charge on any atom is -0.390 e. The Labute approximate surface area is 101 Å². The molecule has 0 radical (unpaired) electrons. The Kier molecular flexibility index (Phi) is 3.58. The highest BCUT2D eigenvalue weighted by atomic mass is 16.3. The summed E-state index contributed by atoms with van der Waals surface area (Å²) in [6.07, 6.45) is 6.63. The minimum atomic E-state index is -0.0195. The average molecular weight is 234 g/mol. The highest BCUT2D eigenvalue weighted by Crippen LogP contribution is 2.10. The number of imidazole rings is 1. The summed E-state index contributed by atoms with van der Waals surface area (Å²) in [5.74, 6) is 0. The molecule has 0 bridgehead atoms. The smallest absolute Gasteiger partial charge is 0.0954 e. The molecule has 0 aliphatic heterocycles. The highest BCUT2D eigenvalue weighted by Gasteiger charge is 2.05. The van der Waals surface area contributed by atoms with Crippen LogP contribution in [0.3, 0.4) is 0 Å². The van der Waals surface area contributed by atoms with Gasteiger partial charge in [0.1, 0.15) is 0 Å². The van der Waals surface area contributed by atoms with Crippen LogP contribution in [-0.4, -0.2) is 24.4 Å². The molecular weight excluding hydrogens is 216 g/mol. The molecule has 2 aromatic heterocycles. The Morgan fingerprint density at radius 1 is 1.41 bits per heavy atom. The van der Waals surface area contributed by atoms with E-state index in [1.807, 2.05) is 27.7 Å². The van der Waals surface area contributed by atoms with Crippen LogP contribution in [0.4, 0.5) is 0 Å². The predicted molar refractivity (Wildman–Crippen MR) is 64.5 cm³/mol. The molecule has 1 atom stereocenters. The van der Waals surface area contributed by atoms with Crippen molar-refractivity contribution in [3.05, 3.63) is 36.2 Å². The van der Waals surface area contributed by atoms with Gasteiger partial charge in [-0.3, -0.25) is 4.68 Å². The van der Waals surface area contributed by atoms with Crippen molar-refractivity contribution in [2.45, 2.75) is 39.5 Å². The second-order valence-electron chi connectivity index (χ2n) is 4.24. The van der Waals surface area contributed by atoms with E-state index in [0.717, 1.165) is 12.1 Å². The normalized spacial score (nSPS) is 12.9. The summed E-state index contributed by atoms with van der Waals surface area (Å²) in [4.78, 5) is 4.07. The first kappa shape index (κ1) is 11.9. The maximum Gasteiger partial charge on any atom is 0.0954 e. The zero-order chi connectivity index (χ0) is 12.3. The van der Waals surface area contributed by atoms with Crippen molar-refractivity contribution in [2.75, 3.05) is 0 Å². The molecule has 17 heavy (non-hydrogen) atoms.